The number of amides is 1. The van der Waals surface area contributed by atoms with Crippen LogP contribution in [-0.2, 0) is 4.79 Å². The van der Waals surface area contributed by atoms with E-state index in [1.54, 1.807) is 0 Å². The third-order valence-corrected chi connectivity index (χ3v) is 4.88. The first kappa shape index (κ1) is 17.5. The molecule has 1 aliphatic carbocycles. The Morgan fingerprint density at radius 1 is 1.00 bits per heavy atom. The van der Waals surface area contributed by atoms with Gasteiger partial charge in [-0.1, -0.05) is 30.3 Å². The molecule has 2 aromatic carbocycles. The second-order valence-electron chi connectivity index (χ2n) is 6.61. The number of nitrogens with one attached hydrogen (secondary N) is 1. The normalized spacial score (nSPS) is 20.0. The minimum atomic E-state index is 0.105. The molecule has 0 spiro atoms. The molecule has 0 saturated heterocycles. The second kappa shape index (κ2) is 8.67. The summed E-state index contributed by atoms with van der Waals surface area (Å²) < 4.78 is 5.45. The quantitative estimate of drug-likeness (QED) is 0.838. The molecule has 25 heavy (non-hydrogen) atoms. The number of carbonyl (C=O) groups excluding carboxylic acids is 1. The fourth-order valence-corrected chi connectivity index (χ4v) is 3.47. The summed E-state index contributed by atoms with van der Waals surface area (Å²) in [6.45, 7) is 0.987. The first-order valence-electron chi connectivity index (χ1n) is 9.05. The Morgan fingerprint density at radius 3 is 2.32 bits per heavy atom. The van der Waals surface area contributed by atoms with Crippen LogP contribution in [-0.4, -0.2) is 19.1 Å². The van der Waals surface area contributed by atoms with Gasteiger partial charge in [0.25, 0.3) is 0 Å². The molecule has 0 aliphatic heterocycles. The molecule has 1 saturated carbocycles. The molecule has 3 rings (SSSR count). The molecule has 0 radical (unpaired) electrons. The van der Waals surface area contributed by atoms with Crippen LogP contribution < -0.4 is 15.8 Å². The third kappa shape index (κ3) is 4.83. The molecule has 1 amide bonds. The van der Waals surface area contributed by atoms with Crippen LogP contribution in [0.25, 0.3) is 0 Å². The zero-order chi connectivity index (χ0) is 17.5. The highest BCUT2D eigenvalue weighted by atomic mass is 16.5. The van der Waals surface area contributed by atoms with E-state index in [0.717, 1.165) is 37.1 Å². The number of anilines is 1. The number of carbonyl (C=O) groups is 1. The average Bonchev–Trinajstić information content (AvgIpc) is 2.68. The lowest BCUT2D eigenvalue weighted by atomic mass is 9.78. The van der Waals surface area contributed by atoms with E-state index in [-0.39, 0.29) is 11.8 Å². The molecule has 3 N–H and O–H groups in total. The van der Waals surface area contributed by atoms with Gasteiger partial charge in [-0.25, -0.2) is 0 Å². The van der Waals surface area contributed by atoms with E-state index in [9.17, 15) is 4.79 Å². The topological polar surface area (TPSA) is 64.3 Å². The average molecular weight is 338 g/mol. The molecule has 0 bridgehead atoms. The van der Waals surface area contributed by atoms with Crippen molar-refractivity contribution in [1.29, 1.82) is 0 Å². The molecule has 2 aromatic rings. The van der Waals surface area contributed by atoms with Gasteiger partial charge in [0, 0.05) is 18.2 Å². The number of nitrogens with two attached hydrogens (primary N) is 1. The van der Waals surface area contributed by atoms with Gasteiger partial charge in [-0.05, 0) is 61.4 Å². The van der Waals surface area contributed by atoms with Crippen molar-refractivity contribution in [1.82, 2.24) is 0 Å². The van der Waals surface area contributed by atoms with Crippen LogP contribution >= 0.6 is 0 Å². The highest BCUT2D eigenvalue weighted by Gasteiger charge is 2.27. The predicted octanol–water partition coefficient (Wildman–Crippen LogP) is 3.94. The standard InChI is InChI=1S/C21H26N2O2/c22-14-15-25-20-12-10-19(11-13-20)23-21(24)18-8-6-17(7-9-18)16-4-2-1-3-5-16/h1-5,10-13,17-18H,6-9,14-15,22H2,(H,23,24). The zero-order valence-corrected chi connectivity index (χ0v) is 14.5. The minimum absolute atomic E-state index is 0.105. The molecular weight excluding hydrogens is 312 g/mol. The maximum atomic E-state index is 12.5. The number of rotatable bonds is 6. The summed E-state index contributed by atoms with van der Waals surface area (Å²) in [5.41, 5.74) is 7.63. The largest absolute Gasteiger partial charge is 0.492 e. The Morgan fingerprint density at radius 2 is 1.68 bits per heavy atom. The molecule has 0 unspecified atom stereocenters. The summed E-state index contributed by atoms with van der Waals surface area (Å²) >= 11 is 0. The third-order valence-electron chi connectivity index (χ3n) is 4.88. The van der Waals surface area contributed by atoms with Gasteiger partial charge < -0.3 is 15.8 Å². The maximum Gasteiger partial charge on any atom is 0.227 e. The Kier molecular flexibility index (Phi) is 6.07. The summed E-state index contributed by atoms with van der Waals surface area (Å²) in [5, 5.41) is 3.03. The van der Waals surface area contributed by atoms with Crippen molar-refractivity contribution in [2.75, 3.05) is 18.5 Å². The Bertz CT molecular complexity index is 662. The SMILES string of the molecule is NCCOc1ccc(NC(=O)C2CCC(c3ccccc3)CC2)cc1. The zero-order valence-electron chi connectivity index (χ0n) is 14.5. The van der Waals surface area contributed by atoms with Crippen molar-refractivity contribution in [2.45, 2.75) is 31.6 Å². The number of benzene rings is 2. The van der Waals surface area contributed by atoms with Crippen molar-refractivity contribution in [3.63, 3.8) is 0 Å². The Labute approximate surface area is 149 Å². The lowest BCUT2D eigenvalue weighted by Crippen LogP contribution is -2.26. The molecule has 0 heterocycles. The summed E-state index contributed by atoms with van der Waals surface area (Å²) in [6.07, 6.45) is 4.05. The van der Waals surface area contributed by atoms with Gasteiger partial charge >= 0.3 is 0 Å². The molecule has 1 fully saturated rings. The van der Waals surface area contributed by atoms with Crippen LogP contribution in [0.4, 0.5) is 5.69 Å². The van der Waals surface area contributed by atoms with Gasteiger partial charge in [0.15, 0.2) is 0 Å². The first-order valence-corrected chi connectivity index (χ1v) is 9.05. The van der Waals surface area contributed by atoms with E-state index < -0.39 is 0 Å². The van der Waals surface area contributed by atoms with E-state index in [1.807, 2.05) is 24.3 Å². The van der Waals surface area contributed by atoms with E-state index in [1.165, 1.54) is 5.56 Å². The number of ether oxygens (including phenoxy) is 1. The predicted molar refractivity (Wildman–Crippen MR) is 101 cm³/mol. The Hall–Kier alpha value is -2.33. The highest BCUT2D eigenvalue weighted by molar-refractivity contribution is 5.92. The van der Waals surface area contributed by atoms with Gasteiger partial charge in [0.1, 0.15) is 12.4 Å². The number of hydrogen-bond acceptors (Lipinski definition) is 3. The fourth-order valence-electron chi connectivity index (χ4n) is 3.47. The fraction of sp³-hybridized carbons (Fsp3) is 0.381. The van der Waals surface area contributed by atoms with Crippen molar-refractivity contribution in [3.05, 3.63) is 60.2 Å². The van der Waals surface area contributed by atoms with E-state index in [4.69, 9.17) is 10.5 Å². The lowest BCUT2D eigenvalue weighted by Gasteiger charge is -2.28. The van der Waals surface area contributed by atoms with Gasteiger partial charge in [-0.15, -0.1) is 0 Å². The highest BCUT2D eigenvalue weighted by Crippen LogP contribution is 2.36. The van der Waals surface area contributed by atoms with Crippen LogP contribution in [0.2, 0.25) is 0 Å². The van der Waals surface area contributed by atoms with Crippen molar-refractivity contribution in [3.8, 4) is 5.75 Å². The van der Waals surface area contributed by atoms with Gasteiger partial charge in [0.2, 0.25) is 5.91 Å². The van der Waals surface area contributed by atoms with Crippen LogP contribution in [0.3, 0.4) is 0 Å². The monoisotopic (exact) mass is 338 g/mol. The summed E-state index contributed by atoms with van der Waals surface area (Å²) in [5.74, 6) is 1.59. The van der Waals surface area contributed by atoms with Gasteiger partial charge in [-0.2, -0.15) is 0 Å². The van der Waals surface area contributed by atoms with Crippen LogP contribution in [0, 0.1) is 5.92 Å². The molecule has 1 aliphatic rings. The molecule has 0 atom stereocenters. The summed E-state index contributed by atoms with van der Waals surface area (Å²) in [4.78, 5) is 12.5. The second-order valence-corrected chi connectivity index (χ2v) is 6.61. The van der Waals surface area contributed by atoms with Crippen molar-refractivity contribution < 1.29 is 9.53 Å². The van der Waals surface area contributed by atoms with Crippen molar-refractivity contribution in [2.24, 2.45) is 11.7 Å². The molecule has 132 valence electrons. The van der Waals surface area contributed by atoms with Crippen molar-refractivity contribution >= 4 is 11.6 Å². The summed E-state index contributed by atoms with van der Waals surface area (Å²) in [6, 6.07) is 18.1. The Balaban J connectivity index is 1.49. The first-order chi connectivity index (χ1) is 12.3. The minimum Gasteiger partial charge on any atom is -0.492 e. The molecule has 4 heteroatoms. The number of hydrogen-bond donors (Lipinski definition) is 2. The van der Waals surface area contributed by atoms with E-state index >= 15 is 0 Å². The molecule has 0 aromatic heterocycles. The van der Waals surface area contributed by atoms with Crippen LogP contribution in [0.5, 0.6) is 5.75 Å². The van der Waals surface area contributed by atoms with Crippen LogP contribution in [0.15, 0.2) is 54.6 Å². The smallest absolute Gasteiger partial charge is 0.227 e. The van der Waals surface area contributed by atoms with Gasteiger partial charge in [0.05, 0.1) is 0 Å². The van der Waals surface area contributed by atoms with Crippen LogP contribution in [0.1, 0.15) is 37.2 Å². The lowest BCUT2D eigenvalue weighted by molar-refractivity contribution is -0.120. The van der Waals surface area contributed by atoms with E-state index in [2.05, 4.69) is 35.6 Å². The molecule has 4 nitrogen and oxygen atoms in total. The molecular formula is C21H26N2O2. The van der Waals surface area contributed by atoms with Gasteiger partial charge in [-0.3, -0.25) is 4.79 Å². The maximum absolute atomic E-state index is 12.5. The van der Waals surface area contributed by atoms with E-state index in [0.29, 0.717) is 19.1 Å². The summed E-state index contributed by atoms with van der Waals surface area (Å²) in [7, 11) is 0.